The Morgan fingerprint density at radius 2 is 1.80 bits per heavy atom. The van der Waals surface area contributed by atoms with Gasteiger partial charge in [0.1, 0.15) is 5.84 Å². The van der Waals surface area contributed by atoms with Gasteiger partial charge in [0.15, 0.2) is 0 Å². The quantitative estimate of drug-likeness (QED) is 0.637. The zero-order chi connectivity index (χ0) is 17.3. The normalized spacial score (nSPS) is 20.3. The third kappa shape index (κ3) is 3.43. The standard InChI is InChI=1S/C21H22Cl2N2/c22-16-7-4-6-15(12-16)14-24-20-21(10-2-1-3-11-21)13-17-18(23)8-5-9-19(17)25-20/h4-9,12H,1-3,10-11,13-14H2,(H,24,25). The van der Waals surface area contributed by atoms with Crippen molar-refractivity contribution in [2.75, 3.05) is 5.32 Å². The highest BCUT2D eigenvalue weighted by Gasteiger charge is 2.41. The van der Waals surface area contributed by atoms with Crippen molar-refractivity contribution in [1.82, 2.24) is 0 Å². The number of benzene rings is 2. The molecule has 1 heterocycles. The second-order valence-electron chi connectivity index (χ2n) is 7.20. The van der Waals surface area contributed by atoms with Crippen molar-refractivity contribution in [1.29, 1.82) is 0 Å². The maximum Gasteiger partial charge on any atom is 0.108 e. The number of anilines is 1. The molecule has 130 valence electrons. The van der Waals surface area contributed by atoms with Crippen LogP contribution in [0, 0.1) is 5.41 Å². The second kappa shape index (κ2) is 7.01. The minimum absolute atomic E-state index is 0.106. The first kappa shape index (κ1) is 16.9. The van der Waals surface area contributed by atoms with E-state index in [4.69, 9.17) is 28.2 Å². The van der Waals surface area contributed by atoms with Gasteiger partial charge in [0.25, 0.3) is 0 Å². The Labute approximate surface area is 159 Å². The number of amidine groups is 1. The maximum atomic E-state index is 6.49. The lowest BCUT2D eigenvalue weighted by Gasteiger charge is -2.43. The van der Waals surface area contributed by atoms with Gasteiger partial charge in [0, 0.05) is 21.1 Å². The van der Waals surface area contributed by atoms with Gasteiger partial charge >= 0.3 is 0 Å². The highest BCUT2D eigenvalue weighted by Crippen LogP contribution is 2.46. The molecular weight excluding hydrogens is 351 g/mol. The maximum absolute atomic E-state index is 6.49. The van der Waals surface area contributed by atoms with Crippen LogP contribution in [0.15, 0.2) is 47.5 Å². The van der Waals surface area contributed by atoms with Crippen molar-refractivity contribution in [3.8, 4) is 0 Å². The van der Waals surface area contributed by atoms with Gasteiger partial charge in [-0.05, 0) is 54.7 Å². The average molecular weight is 373 g/mol. The van der Waals surface area contributed by atoms with E-state index in [1.807, 2.05) is 30.3 Å². The first-order valence-corrected chi connectivity index (χ1v) is 9.76. The van der Waals surface area contributed by atoms with Crippen LogP contribution < -0.4 is 5.32 Å². The van der Waals surface area contributed by atoms with Crippen LogP contribution in [0.2, 0.25) is 10.0 Å². The fraction of sp³-hybridized carbons (Fsp3) is 0.381. The molecule has 2 nitrogen and oxygen atoms in total. The van der Waals surface area contributed by atoms with E-state index in [2.05, 4.69) is 17.4 Å². The second-order valence-corrected chi connectivity index (χ2v) is 8.05. The Balaban J connectivity index is 1.69. The molecule has 2 aliphatic rings. The summed E-state index contributed by atoms with van der Waals surface area (Å²) in [5, 5.41) is 5.24. The summed E-state index contributed by atoms with van der Waals surface area (Å²) in [5.74, 6) is 1.13. The number of hydrogen-bond donors (Lipinski definition) is 1. The first-order valence-electron chi connectivity index (χ1n) is 9.00. The SMILES string of the molecule is Clc1cccc(CN=C2Nc3cccc(Cl)c3CC23CCCCC3)c1. The molecular formula is C21H22Cl2N2. The summed E-state index contributed by atoms with van der Waals surface area (Å²) in [4.78, 5) is 5.00. The van der Waals surface area contributed by atoms with Crippen LogP contribution in [0.1, 0.15) is 43.2 Å². The molecule has 4 rings (SSSR count). The molecule has 1 aliphatic heterocycles. The van der Waals surface area contributed by atoms with Crippen LogP contribution in [-0.4, -0.2) is 5.84 Å². The molecule has 1 spiro atoms. The number of fused-ring (bicyclic) bond motifs is 1. The van der Waals surface area contributed by atoms with Crippen LogP contribution in [0.3, 0.4) is 0 Å². The van der Waals surface area contributed by atoms with Crippen molar-refractivity contribution in [3.05, 3.63) is 63.6 Å². The first-order chi connectivity index (χ1) is 12.2. The van der Waals surface area contributed by atoms with Crippen molar-refractivity contribution >= 4 is 34.7 Å². The number of aliphatic imine (C=N–C) groups is 1. The molecule has 1 N–H and O–H groups in total. The third-order valence-electron chi connectivity index (χ3n) is 5.51. The molecule has 0 amide bonds. The topological polar surface area (TPSA) is 24.4 Å². The summed E-state index contributed by atoms with van der Waals surface area (Å²) in [7, 11) is 0. The van der Waals surface area contributed by atoms with Crippen molar-refractivity contribution in [2.45, 2.75) is 45.1 Å². The Hall–Kier alpha value is -1.51. The smallest absolute Gasteiger partial charge is 0.108 e. The van der Waals surface area contributed by atoms with Crippen molar-refractivity contribution in [3.63, 3.8) is 0 Å². The molecule has 1 aliphatic carbocycles. The van der Waals surface area contributed by atoms with Gasteiger partial charge in [-0.2, -0.15) is 0 Å². The molecule has 0 saturated heterocycles. The van der Waals surface area contributed by atoms with Gasteiger partial charge in [0.2, 0.25) is 0 Å². The largest absolute Gasteiger partial charge is 0.343 e. The molecule has 25 heavy (non-hydrogen) atoms. The van der Waals surface area contributed by atoms with Gasteiger partial charge in [-0.25, -0.2) is 0 Å². The van der Waals surface area contributed by atoms with Gasteiger partial charge in [-0.3, -0.25) is 4.99 Å². The lowest BCUT2D eigenvalue weighted by molar-refractivity contribution is 0.278. The van der Waals surface area contributed by atoms with E-state index >= 15 is 0 Å². The third-order valence-corrected chi connectivity index (χ3v) is 6.10. The Morgan fingerprint density at radius 3 is 2.60 bits per heavy atom. The predicted molar refractivity (Wildman–Crippen MR) is 107 cm³/mol. The van der Waals surface area contributed by atoms with Gasteiger partial charge in [-0.15, -0.1) is 0 Å². The fourth-order valence-electron chi connectivity index (χ4n) is 4.19. The molecule has 0 unspecified atom stereocenters. The van der Waals surface area contributed by atoms with E-state index in [1.54, 1.807) is 0 Å². The molecule has 0 aromatic heterocycles. The highest BCUT2D eigenvalue weighted by atomic mass is 35.5. The van der Waals surface area contributed by atoms with Crippen molar-refractivity contribution in [2.24, 2.45) is 10.4 Å². The zero-order valence-corrected chi connectivity index (χ0v) is 15.7. The van der Waals surface area contributed by atoms with E-state index in [1.165, 1.54) is 37.7 Å². The predicted octanol–water partition coefficient (Wildman–Crippen LogP) is 6.51. The molecule has 2 aromatic carbocycles. The van der Waals surface area contributed by atoms with E-state index in [9.17, 15) is 0 Å². The number of nitrogens with one attached hydrogen (secondary N) is 1. The van der Waals surface area contributed by atoms with E-state index in [-0.39, 0.29) is 5.41 Å². The Kier molecular flexibility index (Phi) is 4.75. The lowest BCUT2D eigenvalue weighted by atomic mass is 9.67. The summed E-state index contributed by atoms with van der Waals surface area (Å²) < 4.78 is 0. The van der Waals surface area contributed by atoms with E-state index < -0.39 is 0 Å². The summed E-state index contributed by atoms with van der Waals surface area (Å²) in [5.41, 5.74) is 3.60. The Morgan fingerprint density at radius 1 is 1.00 bits per heavy atom. The fourth-order valence-corrected chi connectivity index (χ4v) is 4.65. The molecule has 0 bridgehead atoms. The molecule has 0 atom stereocenters. The number of nitrogens with zero attached hydrogens (tertiary/aromatic N) is 1. The number of hydrogen-bond acceptors (Lipinski definition) is 1. The molecule has 4 heteroatoms. The van der Waals surface area contributed by atoms with Gasteiger partial charge in [0.05, 0.1) is 6.54 Å². The van der Waals surface area contributed by atoms with Crippen LogP contribution >= 0.6 is 23.2 Å². The van der Waals surface area contributed by atoms with Crippen LogP contribution in [0.5, 0.6) is 0 Å². The van der Waals surface area contributed by atoms with Gasteiger partial charge in [-0.1, -0.05) is 60.7 Å². The minimum atomic E-state index is 0.106. The number of rotatable bonds is 2. The Bertz CT molecular complexity index is 807. The van der Waals surface area contributed by atoms with Crippen LogP contribution in [0.4, 0.5) is 5.69 Å². The zero-order valence-electron chi connectivity index (χ0n) is 14.2. The van der Waals surface area contributed by atoms with E-state index in [0.717, 1.165) is 33.6 Å². The summed E-state index contributed by atoms with van der Waals surface area (Å²) in [6, 6.07) is 14.1. The molecule has 1 fully saturated rings. The van der Waals surface area contributed by atoms with Gasteiger partial charge < -0.3 is 5.32 Å². The summed E-state index contributed by atoms with van der Waals surface area (Å²) >= 11 is 12.6. The summed E-state index contributed by atoms with van der Waals surface area (Å²) in [6.07, 6.45) is 7.19. The van der Waals surface area contributed by atoms with Crippen LogP contribution in [0.25, 0.3) is 0 Å². The average Bonchev–Trinajstić information content (AvgIpc) is 2.62. The van der Waals surface area contributed by atoms with Crippen LogP contribution in [-0.2, 0) is 13.0 Å². The minimum Gasteiger partial charge on any atom is -0.343 e. The summed E-state index contributed by atoms with van der Waals surface area (Å²) in [6.45, 7) is 0.653. The molecule has 2 aromatic rings. The lowest BCUT2D eigenvalue weighted by Crippen LogP contribution is -2.43. The molecule has 1 saturated carbocycles. The molecule has 0 radical (unpaired) electrons. The monoisotopic (exact) mass is 372 g/mol. The van der Waals surface area contributed by atoms with E-state index in [0.29, 0.717) is 6.54 Å². The van der Waals surface area contributed by atoms with Crippen molar-refractivity contribution < 1.29 is 0 Å². The number of halogens is 2. The highest BCUT2D eigenvalue weighted by molar-refractivity contribution is 6.32.